The second kappa shape index (κ2) is 10.7. The van der Waals surface area contributed by atoms with Gasteiger partial charge in [-0.25, -0.2) is 0 Å². The molecule has 0 bridgehead atoms. The predicted molar refractivity (Wildman–Crippen MR) is 108 cm³/mol. The summed E-state index contributed by atoms with van der Waals surface area (Å²) >= 11 is 0. The van der Waals surface area contributed by atoms with Gasteiger partial charge in [0.15, 0.2) is 0 Å². The van der Waals surface area contributed by atoms with Crippen LogP contribution >= 0.6 is 0 Å². The van der Waals surface area contributed by atoms with Crippen molar-refractivity contribution in [1.82, 2.24) is 9.80 Å². The van der Waals surface area contributed by atoms with Crippen LogP contribution in [0.2, 0.25) is 0 Å². The number of carbonyl (C=O) groups excluding carboxylic acids is 3. The summed E-state index contributed by atoms with van der Waals surface area (Å²) in [5, 5.41) is 2.82. The Bertz CT molecular complexity index is 692. The molecule has 0 saturated carbocycles. The van der Waals surface area contributed by atoms with E-state index in [0.717, 1.165) is 19.3 Å². The smallest absolute Gasteiger partial charge is 0.244 e. The minimum atomic E-state index is -0.261. The lowest BCUT2D eigenvalue weighted by molar-refractivity contribution is -0.142. The van der Waals surface area contributed by atoms with Gasteiger partial charge in [0, 0.05) is 26.1 Å². The van der Waals surface area contributed by atoms with E-state index in [9.17, 15) is 14.4 Å². The number of nitrogens with zero attached hydrogens (tertiary/aromatic N) is 2. The van der Waals surface area contributed by atoms with Crippen LogP contribution in [0.4, 0.5) is 5.69 Å². The van der Waals surface area contributed by atoms with Gasteiger partial charge >= 0.3 is 0 Å². The number of para-hydroxylation sites is 2. The molecule has 0 radical (unpaired) electrons. The van der Waals surface area contributed by atoms with E-state index in [0.29, 0.717) is 37.5 Å². The number of hydrogen-bond donors (Lipinski definition) is 1. The van der Waals surface area contributed by atoms with Gasteiger partial charge in [0.1, 0.15) is 5.75 Å². The second-order valence-electron chi connectivity index (χ2n) is 7.04. The molecular weight excluding hydrogens is 358 g/mol. The van der Waals surface area contributed by atoms with Gasteiger partial charge < -0.3 is 19.9 Å². The molecule has 154 valence electrons. The zero-order valence-electron chi connectivity index (χ0n) is 17.1. The zero-order chi connectivity index (χ0) is 20.5. The number of amides is 3. The van der Waals surface area contributed by atoms with Crippen molar-refractivity contribution in [1.29, 1.82) is 0 Å². The zero-order valence-corrected chi connectivity index (χ0v) is 17.1. The number of anilines is 1. The van der Waals surface area contributed by atoms with Crippen molar-refractivity contribution < 1.29 is 19.1 Å². The third kappa shape index (κ3) is 5.71. The SMILES string of the molecule is CCCN(CC(=O)Nc1ccccc1OC)C(=O)C1CCCN(C(=O)CC)C1. The molecule has 1 heterocycles. The van der Waals surface area contributed by atoms with Gasteiger partial charge in [-0.05, 0) is 31.4 Å². The van der Waals surface area contributed by atoms with E-state index in [4.69, 9.17) is 4.74 Å². The maximum absolute atomic E-state index is 13.0. The van der Waals surface area contributed by atoms with Gasteiger partial charge in [-0.2, -0.15) is 0 Å². The average Bonchev–Trinajstić information content (AvgIpc) is 2.72. The number of hydrogen-bond acceptors (Lipinski definition) is 4. The standard InChI is InChI=1S/C21H31N3O4/c1-4-12-24(15-19(25)22-17-10-6-7-11-18(17)28-3)21(27)16-9-8-13-23(14-16)20(26)5-2/h6-7,10-11,16H,4-5,8-9,12-15H2,1-3H3,(H,22,25). The number of carbonyl (C=O) groups is 3. The van der Waals surface area contributed by atoms with Crippen LogP contribution < -0.4 is 10.1 Å². The lowest BCUT2D eigenvalue weighted by Crippen LogP contribution is -2.48. The monoisotopic (exact) mass is 389 g/mol. The van der Waals surface area contributed by atoms with Crippen LogP contribution in [0.1, 0.15) is 39.5 Å². The number of rotatable bonds is 8. The van der Waals surface area contributed by atoms with E-state index in [-0.39, 0.29) is 30.2 Å². The van der Waals surface area contributed by atoms with Gasteiger partial charge in [0.25, 0.3) is 0 Å². The van der Waals surface area contributed by atoms with Crippen LogP contribution in [0.3, 0.4) is 0 Å². The normalized spacial score (nSPS) is 16.4. The fourth-order valence-corrected chi connectivity index (χ4v) is 3.54. The third-order valence-electron chi connectivity index (χ3n) is 4.95. The Hall–Kier alpha value is -2.57. The van der Waals surface area contributed by atoms with Crippen molar-refractivity contribution in [2.45, 2.75) is 39.5 Å². The lowest BCUT2D eigenvalue weighted by atomic mass is 9.96. The van der Waals surface area contributed by atoms with Crippen molar-refractivity contribution in [2.24, 2.45) is 5.92 Å². The highest BCUT2D eigenvalue weighted by Crippen LogP contribution is 2.23. The molecular formula is C21H31N3O4. The first-order valence-electron chi connectivity index (χ1n) is 9.99. The van der Waals surface area contributed by atoms with E-state index in [1.54, 1.807) is 29.0 Å². The van der Waals surface area contributed by atoms with Crippen molar-refractivity contribution in [3.8, 4) is 5.75 Å². The number of ether oxygens (including phenoxy) is 1. The molecule has 1 aliphatic heterocycles. The molecule has 3 amide bonds. The number of piperidine rings is 1. The molecule has 1 aromatic rings. The summed E-state index contributed by atoms with van der Waals surface area (Å²) in [6.07, 6.45) is 2.77. The molecule has 1 aromatic carbocycles. The molecule has 1 atom stereocenters. The van der Waals surface area contributed by atoms with Crippen molar-refractivity contribution >= 4 is 23.4 Å². The van der Waals surface area contributed by atoms with Crippen LogP contribution in [-0.2, 0) is 14.4 Å². The fourth-order valence-electron chi connectivity index (χ4n) is 3.54. The van der Waals surface area contributed by atoms with Crippen molar-refractivity contribution in [2.75, 3.05) is 38.6 Å². The lowest BCUT2D eigenvalue weighted by Gasteiger charge is -2.34. The summed E-state index contributed by atoms with van der Waals surface area (Å²) in [6, 6.07) is 7.17. The largest absolute Gasteiger partial charge is 0.495 e. The predicted octanol–water partition coefficient (Wildman–Crippen LogP) is 2.52. The highest BCUT2D eigenvalue weighted by molar-refractivity contribution is 5.96. The molecule has 28 heavy (non-hydrogen) atoms. The molecule has 1 fully saturated rings. The summed E-state index contributed by atoms with van der Waals surface area (Å²) < 4.78 is 5.25. The van der Waals surface area contributed by atoms with Gasteiger partial charge in [0.2, 0.25) is 17.7 Å². The summed E-state index contributed by atoms with van der Waals surface area (Å²) in [6.45, 7) is 5.46. The number of nitrogens with one attached hydrogen (secondary N) is 1. The Morgan fingerprint density at radius 3 is 2.68 bits per heavy atom. The molecule has 0 aliphatic carbocycles. The maximum atomic E-state index is 13.0. The van der Waals surface area contributed by atoms with E-state index >= 15 is 0 Å². The summed E-state index contributed by atoms with van der Waals surface area (Å²) in [4.78, 5) is 41.0. The van der Waals surface area contributed by atoms with E-state index in [1.807, 2.05) is 26.0 Å². The topological polar surface area (TPSA) is 79.0 Å². The molecule has 7 nitrogen and oxygen atoms in total. The number of methoxy groups -OCH3 is 1. The summed E-state index contributed by atoms with van der Waals surface area (Å²) in [7, 11) is 1.55. The Morgan fingerprint density at radius 2 is 2.00 bits per heavy atom. The Labute approximate surface area is 167 Å². The molecule has 7 heteroatoms. The highest BCUT2D eigenvalue weighted by Gasteiger charge is 2.31. The number of likely N-dealkylation sites (tertiary alicyclic amines) is 1. The summed E-state index contributed by atoms with van der Waals surface area (Å²) in [5.74, 6) is 0.0998. The third-order valence-corrected chi connectivity index (χ3v) is 4.95. The summed E-state index contributed by atoms with van der Waals surface area (Å²) in [5.41, 5.74) is 0.580. The van der Waals surface area contributed by atoms with Crippen LogP contribution in [0, 0.1) is 5.92 Å². The van der Waals surface area contributed by atoms with Crippen molar-refractivity contribution in [3.63, 3.8) is 0 Å². The Balaban J connectivity index is 2.02. The fraction of sp³-hybridized carbons (Fsp3) is 0.571. The molecule has 1 saturated heterocycles. The Morgan fingerprint density at radius 1 is 1.25 bits per heavy atom. The molecule has 0 spiro atoms. The first-order chi connectivity index (χ1) is 13.5. The Kier molecular flexibility index (Phi) is 8.29. The van der Waals surface area contributed by atoms with E-state index < -0.39 is 0 Å². The van der Waals surface area contributed by atoms with Gasteiger partial charge in [-0.15, -0.1) is 0 Å². The van der Waals surface area contributed by atoms with Gasteiger partial charge in [-0.3, -0.25) is 14.4 Å². The van der Waals surface area contributed by atoms with Gasteiger partial charge in [-0.1, -0.05) is 26.0 Å². The highest BCUT2D eigenvalue weighted by atomic mass is 16.5. The first-order valence-corrected chi connectivity index (χ1v) is 9.99. The molecule has 2 rings (SSSR count). The quantitative estimate of drug-likeness (QED) is 0.741. The van der Waals surface area contributed by atoms with Crippen molar-refractivity contribution in [3.05, 3.63) is 24.3 Å². The van der Waals surface area contributed by atoms with Crippen LogP contribution in [-0.4, -0.2) is 60.8 Å². The molecule has 1 aliphatic rings. The maximum Gasteiger partial charge on any atom is 0.244 e. The second-order valence-corrected chi connectivity index (χ2v) is 7.04. The average molecular weight is 389 g/mol. The minimum Gasteiger partial charge on any atom is -0.495 e. The van der Waals surface area contributed by atoms with Crippen LogP contribution in [0.25, 0.3) is 0 Å². The minimum absolute atomic E-state index is 0.0110. The molecule has 1 unspecified atom stereocenters. The number of benzene rings is 1. The van der Waals surface area contributed by atoms with Gasteiger partial charge in [0.05, 0.1) is 25.3 Å². The van der Waals surface area contributed by atoms with E-state index in [1.165, 1.54) is 0 Å². The van der Waals surface area contributed by atoms with E-state index in [2.05, 4.69) is 5.32 Å². The van der Waals surface area contributed by atoms with Crippen LogP contribution in [0.15, 0.2) is 24.3 Å². The van der Waals surface area contributed by atoms with Crippen LogP contribution in [0.5, 0.6) is 5.75 Å². The molecule has 1 N–H and O–H groups in total. The first kappa shape index (κ1) is 21.7. The molecule has 0 aromatic heterocycles.